The Hall–Kier alpha value is -1.80. The number of rotatable bonds is 2. The van der Waals surface area contributed by atoms with Gasteiger partial charge in [-0.15, -0.1) is 12.4 Å². The molecule has 0 bridgehead atoms. The Kier molecular flexibility index (Phi) is 5.95. The average Bonchev–Trinajstić information content (AvgIpc) is 2.96. The molecule has 2 heterocycles. The van der Waals surface area contributed by atoms with E-state index in [2.05, 4.69) is 5.32 Å². The van der Waals surface area contributed by atoms with Crippen LogP contribution in [0.1, 0.15) is 12.0 Å². The molecule has 3 rings (SSSR count). The maximum absolute atomic E-state index is 12.8. The number of carbonyl (C=O) groups excluding carboxylic acids is 2. The molecule has 1 aromatic carbocycles. The van der Waals surface area contributed by atoms with Gasteiger partial charge >= 0.3 is 6.18 Å². The van der Waals surface area contributed by atoms with Crippen LogP contribution in [0.3, 0.4) is 0 Å². The Labute approximate surface area is 149 Å². The van der Waals surface area contributed by atoms with Crippen molar-refractivity contribution >= 4 is 29.9 Å². The Morgan fingerprint density at radius 2 is 1.88 bits per heavy atom. The number of nitrogens with zero attached hydrogens (tertiary/aromatic N) is 2. The van der Waals surface area contributed by atoms with Gasteiger partial charge in [0, 0.05) is 44.8 Å². The van der Waals surface area contributed by atoms with E-state index in [4.69, 9.17) is 0 Å². The minimum atomic E-state index is -4.46. The normalized spacial score (nSPS) is 21.2. The summed E-state index contributed by atoms with van der Waals surface area (Å²) in [6, 6.07) is 4.66. The first kappa shape index (κ1) is 19.5. The van der Waals surface area contributed by atoms with Gasteiger partial charge < -0.3 is 15.1 Å². The third kappa shape index (κ3) is 4.24. The largest absolute Gasteiger partial charge is 0.416 e. The van der Waals surface area contributed by atoms with E-state index in [1.165, 1.54) is 17.0 Å². The molecule has 0 spiro atoms. The highest BCUT2D eigenvalue weighted by molar-refractivity contribution is 6.00. The van der Waals surface area contributed by atoms with E-state index >= 15 is 0 Å². The third-order valence-electron chi connectivity index (χ3n) is 4.39. The summed E-state index contributed by atoms with van der Waals surface area (Å²) >= 11 is 0. The topological polar surface area (TPSA) is 52.7 Å². The molecule has 0 saturated carbocycles. The van der Waals surface area contributed by atoms with Crippen LogP contribution >= 0.6 is 12.4 Å². The van der Waals surface area contributed by atoms with E-state index in [-0.39, 0.29) is 42.9 Å². The van der Waals surface area contributed by atoms with E-state index in [9.17, 15) is 22.8 Å². The number of alkyl halides is 3. The highest BCUT2D eigenvalue weighted by Gasteiger charge is 2.38. The number of benzene rings is 1. The van der Waals surface area contributed by atoms with Gasteiger partial charge in [0.1, 0.15) is 0 Å². The standard InChI is InChI=1S/C16H18F3N3O2.ClH/c17-16(18,19)12-2-1-3-13(9-12)22-10-11(8-14(22)23)15(24)21-6-4-20-5-7-21;/h1-3,9,11,20H,4-8,10H2;1H. The summed E-state index contributed by atoms with van der Waals surface area (Å²) in [6.07, 6.45) is -4.42. The van der Waals surface area contributed by atoms with Crippen LogP contribution in [0.25, 0.3) is 0 Å². The first-order valence-corrected chi connectivity index (χ1v) is 7.83. The van der Waals surface area contributed by atoms with Crippen molar-refractivity contribution in [2.24, 2.45) is 5.92 Å². The second-order valence-electron chi connectivity index (χ2n) is 6.03. The highest BCUT2D eigenvalue weighted by Crippen LogP contribution is 2.33. The van der Waals surface area contributed by atoms with Crippen LogP contribution in [0.2, 0.25) is 0 Å². The molecule has 25 heavy (non-hydrogen) atoms. The predicted molar refractivity (Wildman–Crippen MR) is 88.6 cm³/mol. The molecular formula is C16H19ClF3N3O2. The fraction of sp³-hybridized carbons (Fsp3) is 0.500. The maximum atomic E-state index is 12.8. The Balaban J connectivity index is 0.00000225. The SMILES string of the molecule is Cl.O=C(C1CC(=O)N(c2cccc(C(F)(F)F)c2)C1)N1CCNCC1. The Morgan fingerprint density at radius 3 is 2.52 bits per heavy atom. The Morgan fingerprint density at radius 1 is 1.20 bits per heavy atom. The van der Waals surface area contributed by atoms with Crippen molar-refractivity contribution in [3.05, 3.63) is 29.8 Å². The molecule has 9 heteroatoms. The number of nitrogens with one attached hydrogen (secondary N) is 1. The van der Waals surface area contributed by atoms with Crippen molar-refractivity contribution < 1.29 is 22.8 Å². The van der Waals surface area contributed by atoms with Crippen molar-refractivity contribution in [1.82, 2.24) is 10.2 Å². The number of halogens is 4. The lowest BCUT2D eigenvalue weighted by atomic mass is 10.1. The van der Waals surface area contributed by atoms with Gasteiger partial charge in [-0.05, 0) is 18.2 Å². The smallest absolute Gasteiger partial charge is 0.340 e. The van der Waals surface area contributed by atoms with Gasteiger partial charge in [-0.1, -0.05) is 6.07 Å². The molecular weight excluding hydrogens is 359 g/mol. The molecule has 0 aliphatic carbocycles. The summed E-state index contributed by atoms with van der Waals surface area (Å²) in [7, 11) is 0. The van der Waals surface area contributed by atoms with E-state index in [0.717, 1.165) is 12.1 Å². The highest BCUT2D eigenvalue weighted by atomic mass is 35.5. The van der Waals surface area contributed by atoms with Gasteiger partial charge in [-0.3, -0.25) is 9.59 Å². The molecule has 2 fully saturated rings. The summed E-state index contributed by atoms with van der Waals surface area (Å²) < 4.78 is 38.5. The number of hydrogen-bond acceptors (Lipinski definition) is 3. The van der Waals surface area contributed by atoms with E-state index in [1.54, 1.807) is 4.90 Å². The lowest BCUT2D eigenvalue weighted by molar-refractivity contribution is -0.137. The van der Waals surface area contributed by atoms with Crippen LogP contribution < -0.4 is 10.2 Å². The number of hydrogen-bond donors (Lipinski definition) is 1. The fourth-order valence-corrected chi connectivity index (χ4v) is 3.12. The second kappa shape index (κ2) is 7.61. The quantitative estimate of drug-likeness (QED) is 0.856. The molecule has 5 nitrogen and oxygen atoms in total. The lowest BCUT2D eigenvalue weighted by Crippen LogP contribution is -2.48. The molecule has 1 unspecified atom stereocenters. The van der Waals surface area contributed by atoms with Gasteiger partial charge in [0.2, 0.25) is 11.8 Å². The predicted octanol–water partition coefficient (Wildman–Crippen LogP) is 1.91. The van der Waals surface area contributed by atoms with Crippen molar-refractivity contribution in [3.8, 4) is 0 Å². The zero-order valence-corrected chi connectivity index (χ0v) is 14.2. The van der Waals surface area contributed by atoms with Crippen molar-refractivity contribution in [1.29, 1.82) is 0 Å². The Bertz CT molecular complexity index is 648. The number of amides is 2. The molecule has 0 radical (unpaired) electrons. The zero-order valence-electron chi connectivity index (χ0n) is 13.4. The van der Waals surface area contributed by atoms with Gasteiger partial charge in [0.15, 0.2) is 0 Å². The number of anilines is 1. The van der Waals surface area contributed by atoms with Crippen LogP contribution in [0, 0.1) is 5.92 Å². The van der Waals surface area contributed by atoms with Crippen molar-refractivity contribution in [3.63, 3.8) is 0 Å². The van der Waals surface area contributed by atoms with E-state index in [1.807, 2.05) is 0 Å². The molecule has 2 aliphatic rings. The van der Waals surface area contributed by atoms with Crippen molar-refractivity contribution in [2.45, 2.75) is 12.6 Å². The molecule has 2 aliphatic heterocycles. The summed E-state index contributed by atoms with van der Waals surface area (Å²) in [5.41, 5.74) is -0.616. The monoisotopic (exact) mass is 377 g/mol. The van der Waals surface area contributed by atoms with Crippen LogP contribution in [0.4, 0.5) is 18.9 Å². The molecule has 0 aromatic heterocycles. The lowest BCUT2D eigenvalue weighted by Gasteiger charge is -2.29. The molecule has 1 aromatic rings. The summed E-state index contributed by atoms with van der Waals surface area (Å²) in [4.78, 5) is 27.7. The van der Waals surface area contributed by atoms with Crippen LogP contribution in [-0.4, -0.2) is 49.4 Å². The van der Waals surface area contributed by atoms with Crippen LogP contribution in [0.15, 0.2) is 24.3 Å². The molecule has 138 valence electrons. The van der Waals surface area contributed by atoms with E-state index < -0.39 is 17.7 Å². The summed E-state index contributed by atoms with van der Waals surface area (Å²) in [6.45, 7) is 2.73. The van der Waals surface area contributed by atoms with Gasteiger partial charge in [-0.25, -0.2) is 0 Å². The maximum Gasteiger partial charge on any atom is 0.416 e. The van der Waals surface area contributed by atoms with Gasteiger partial charge in [0.05, 0.1) is 11.5 Å². The van der Waals surface area contributed by atoms with Gasteiger partial charge in [0.25, 0.3) is 0 Å². The molecule has 1 atom stereocenters. The molecule has 1 N–H and O–H groups in total. The number of carbonyl (C=O) groups is 2. The van der Waals surface area contributed by atoms with Crippen LogP contribution in [-0.2, 0) is 15.8 Å². The zero-order chi connectivity index (χ0) is 17.3. The first-order chi connectivity index (χ1) is 11.4. The van der Waals surface area contributed by atoms with Crippen LogP contribution in [0.5, 0.6) is 0 Å². The number of piperazine rings is 1. The third-order valence-corrected chi connectivity index (χ3v) is 4.39. The van der Waals surface area contributed by atoms with E-state index in [0.29, 0.717) is 26.2 Å². The molecule has 2 saturated heterocycles. The minimum Gasteiger partial charge on any atom is -0.340 e. The second-order valence-corrected chi connectivity index (χ2v) is 6.03. The molecule has 2 amide bonds. The summed E-state index contributed by atoms with van der Waals surface area (Å²) in [5, 5.41) is 3.15. The van der Waals surface area contributed by atoms with Crippen molar-refractivity contribution in [2.75, 3.05) is 37.6 Å². The first-order valence-electron chi connectivity index (χ1n) is 7.83. The fourth-order valence-electron chi connectivity index (χ4n) is 3.12. The average molecular weight is 378 g/mol. The summed E-state index contributed by atoms with van der Waals surface area (Å²) in [5.74, 6) is -0.910. The van der Waals surface area contributed by atoms with Gasteiger partial charge in [-0.2, -0.15) is 13.2 Å². The minimum absolute atomic E-state index is 0.